The van der Waals surface area contributed by atoms with Crippen molar-refractivity contribution in [2.45, 2.75) is 33.0 Å². The first kappa shape index (κ1) is 12.4. The molecular weight excluding hydrogens is 170 g/mol. The summed E-state index contributed by atoms with van der Waals surface area (Å²) in [4.78, 5) is 11.1. The highest BCUT2D eigenvalue weighted by Gasteiger charge is 2.04. The second kappa shape index (κ2) is 6.86. The van der Waals surface area contributed by atoms with Crippen molar-refractivity contribution in [3.8, 4) is 0 Å². The van der Waals surface area contributed by atoms with E-state index in [1.54, 1.807) is 7.11 Å². The van der Waals surface area contributed by atoms with Gasteiger partial charge in [-0.1, -0.05) is 0 Å². The number of ether oxygens (including phenoxy) is 2. The van der Waals surface area contributed by atoms with Crippen LogP contribution in [0.25, 0.3) is 0 Å². The number of carbonyl (C=O) groups excluding carboxylic acids is 1. The molecule has 4 heteroatoms. The third-order valence-corrected chi connectivity index (χ3v) is 1.54. The first-order valence-electron chi connectivity index (χ1n) is 4.47. The summed E-state index contributed by atoms with van der Waals surface area (Å²) in [6.45, 7) is 6.32. The average Bonchev–Trinajstić information content (AvgIpc) is 2.10. The maximum absolute atomic E-state index is 11.1. The van der Waals surface area contributed by atoms with Crippen molar-refractivity contribution >= 4 is 5.91 Å². The van der Waals surface area contributed by atoms with Crippen LogP contribution in [0.15, 0.2) is 0 Å². The number of methoxy groups -OCH3 is 1. The van der Waals surface area contributed by atoms with E-state index in [1.165, 1.54) is 0 Å². The Balaban J connectivity index is 3.40. The number of nitrogens with one attached hydrogen (secondary N) is 1. The molecule has 0 heterocycles. The Morgan fingerprint density at radius 1 is 1.38 bits per heavy atom. The van der Waals surface area contributed by atoms with Crippen molar-refractivity contribution in [1.82, 2.24) is 5.32 Å². The average molecular weight is 189 g/mol. The zero-order valence-electron chi connectivity index (χ0n) is 8.79. The molecule has 1 unspecified atom stereocenters. The van der Waals surface area contributed by atoms with Crippen molar-refractivity contribution < 1.29 is 14.3 Å². The van der Waals surface area contributed by atoms with Gasteiger partial charge in [0.1, 0.15) is 6.61 Å². The molecule has 0 aliphatic heterocycles. The number of rotatable bonds is 6. The van der Waals surface area contributed by atoms with Gasteiger partial charge in [-0.15, -0.1) is 0 Å². The maximum Gasteiger partial charge on any atom is 0.246 e. The predicted molar refractivity (Wildman–Crippen MR) is 50.6 cm³/mol. The van der Waals surface area contributed by atoms with Crippen molar-refractivity contribution in [3.05, 3.63) is 0 Å². The van der Waals surface area contributed by atoms with Gasteiger partial charge in [-0.05, 0) is 20.8 Å². The van der Waals surface area contributed by atoms with E-state index in [-0.39, 0.29) is 24.7 Å². The summed E-state index contributed by atoms with van der Waals surface area (Å²) in [7, 11) is 1.61. The van der Waals surface area contributed by atoms with Crippen LogP contribution in [0.2, 0.25) is 0 Å². The number of amides is 1. The van der Waals surface area contributed by atoms with Crippen molar-refractivity contribution in [2.75, 3.05) is 20.3 Å². The van der Waals surface area contributed by atoms with Gasteiger partial charge < -0.3 is 14.8 Å². The van der Waals surface area contributed by atoms with Crippen LogP contribution in [0.1, 0.15) is 20.8 Å². The summed E-state index contributed by atoms with van der Waals surface area (Å²) in [6, 6.07) is 0. The molecule has 1 atom stereocenters. The molecule has 0 fully saturated rings. The van der Waals surface area contributed by atoms with E-state index < -0.39 is 0 Å². The summed E-state index contributed by atoms with van der Waals surface area (Å²) in [5.41, 5.74) is 0. The summed E-state index contributed by atoms with van der Waals surface area (Å²) in [5.74, 6) is -0.0994. The van der Waals surface area contributed by atoms with Crippen LogP contribution in [-0.4, -0.2) is 38.4 Å². The second-order valence-electron chi connectivity index (χ2n) is 3.21. The Kier molecular flexibility index (Phi) is 6.54. The molecule has 0 aromatic heterocycles. The lowest BCUT2D eigenvalue weighted by Crippen LogP contribution is -2.34. The van der Waals surface area contributed by atoms with Gasteiger partial charge in [-0.25, -0.2) is 0 Å². The monoisotopic (exact) mass is 189 g/mol. The van der Waals surface area contributed by atoms with Gasteiger partial charge in [0.25, 0.3) is 0 Å². The molecule has 1 amide bonds. The fourth-order valence-electron chi connectivity index (χ4n) is 0.634. The van der Waals surface area contributed by atoms with Crippen LogP contribution in [-0.2, 0) is 14.3 Å². The van der Waals surface area contributed by atoms with Crippen LogP contribution < -0.4 is 5.32 Å². The fourth-order valence-corrected chi connectivity index (χ4v) is 0.634. The highest BCUT2D eigenvalue weighted by Crippen LogP contribution is 1.87. The Morgan fingerprint density at radius 2 is 2.00 bits per heavy atom. The number of carbonyl (C=O) groups is 1. The van der Waals surface area contributed by atoms with Crippen LogP contribution in [0.3, 0.4) is 0 Å². The van der Waals surface area contributed by atoms with E-state index in [0.29, 0.717) is 6.54 Å². The molecular formula is C9H19NO3. The normalized spacial score (nSPS) is 13.0. The second-order valence-corrected chi connectivity index (χ2v) is 3.21. The standard InChI is InChI=1S/C9H19NO3/c1-7(2)13-6-9(11)10-5-8(3)12-4/h7-8H,5-6H2,1-4H3,(H,10,11). The number of hydrogen-bond acceptors (Lipinski definition) is 3. The zero-order valence-corrected chi connectivity index (χ0v) is 8.79. The van der Waals surface area contributed by atoms with Gasteiger partial charge in [0.15, 0.2) is 0 Å². The molecule has 0 aromatic carbocycles. The fraction of sp³-hybridized carbons (Fsp3) is 0.889. The van der Waals surface area contributed by atoms with E-state index in [0.717, 1.165) is 0 Å². The number of hydrogen-bond donors (Lipinski definition) is 1. The van der Waals surface area contributed by atoms with E-state index in [2.05, 4.69) is 5.32 Å². The van der Waals surface area contributed by atoms with Gasteiger partial charge >= 0.3 is 0 Å². The molecule has 0 saturated carbocycles. The molecule has 78 valence electrons. The summed E-state index contributed by atoms with van der Waals surface area (Å²) in [5, 5.41) is 2.70. The third kappa shape index (κ3) is 7.74. The van der Waals surface area contributed by atoms with Crippen LogP contribution in [0.5, 0.6) is 0 Å². The molecule has 4 nitrogen and oxygen atoms in total. The van der Waals surface area contributed by atoms with E-state index >= 15 is 0 Å². The summed E-state index contributed by atoms with van der Waals surface area (Å²) < 4.78 is 10.1. The van der Waals surface area contributed by atoms with Crippen molar-refractivity contribution in [3.63, 3.8) is 0 Å². The van der Waals surface area contributed by atoms with Gasteiger partial charge in [0.2, 0.25) is 5.91 Å². The van der Waals surface area contributed by atoms with Crippen molar-refractivity contribution in [1.29, 1.82) is 0 Å². The first-order chi connectivity index (χ1) is 6.06. The minimum absolute atomic E-state index is 0.0444. The molecule has 0 aliphatic rings. The highest BCUT2D eigenvalue weighted by molar-refractivity contribution is 5.77. The molecule has 0 aromatic rings. The summed E-state index contributed by atoms with van der Waals surface area (Å²) in [6.07, 6.45) is 0.133. The first-order valence-corrected chi connectivity index (χ1v) is 4.47. The van der Waals surface area contributed by atoms with E-state index in [9.17, 15) is 4.79 Å². The lowest BCUT2D eigenvalue weighted by atomic mass is 10.4. The Morgan fingerprint density at radius 3 is 2.46 bits per heavy atom. The maximum atomic E-state index is 11.1. The van der Waals surface area contributed by atoms with Gasteiger partial charge in [0.05, 0.1) is 12.2 Å². The van der Waals surface area contributed by atoms with Crippen LogP contribution in [0.4, 0.5) is 0 Å². The highest BCUT2D eigenvalue weighted by atomic mass is 16.5. The van der Waals surface area contributed by atoms with E-state index in [1.807, 2.05) is 20.8 Å². The minimum Gasteiger partial charge on any atom is -0.380 e. The van der Waals surface area contributed by atoms with Crippen LogP contribution in [0, 0.1) is 0 Å². The SMILES string of the molecule is COC(C)CNC(=O)COC(C)C. The predicted octanol–water partition coefficient (Wildman–Crippen LogP) is 0.562. The molecule has 1 N–H and O–H groups in total. The molecule has 0 radical (unpaired) electrons. The molecule has 0 bridgehead atoms. The topological polar surface area (TPSA) is 47.6 Å². The van der Waals surface area contributed by atoms with E-state index in [4.69, 9.17) is 9.47 Å². The smallest absolute Gasteiger partial charge is 0.246 e. The van der Waals surface area contributed by atoms with Gasteiger partial charge in [-0.2, -0.15) is 0 Å². The Bertz CT molecular complexity index is 148. The molecule has 0 spiro atoms. The third-order valence-electron chi connectivity index (χ3n) is 1.54. The van der Waals surface area contributed by atoms with Crippen molar-refractivity contribution in [2.24, 2.45) is 0 Å². The zero-order chi connectivity index (χ0) is 10.3. The molecule has 13 heavy (non-hydrogen) atoms. The Labute approximate surface area is 79.6 Å². The summed E-state index contributed by atoms with van der Waals surface area (Å²) >= 11 is 0. The van der Waals surface area contributed by atoms with Gasteiger partial charge in [-0.3, -0.25) is 4.79 Å². The molecule has 0 rings (SSSR count). The minimum atomic E-state index is -0.0994. The van der Waals surface area contributed by atoms with Gasteiger partial charge in [0, 0.05) is 13.7 Å². The lowest BCUT2D eigenvalue weighted by molar-refractivity contribution is -0.127. The quantitative estimate of drug-likeness (QED) is 0.664. The Hall–Kier alpha value is -0.610. The van der Waals surface area contributed by atoms with Crippen LogP contribution >= 0.6 is 0 Å². The molecule has 0 saturated heterocycles. The lowest BCUT2D eigenvalue weighted by Gasteiger charge is -2.11. The molecule has 0 aliphatic carbocycles. The largest absolute Gasteiger partial charge is 0.380 e.